The van der Waals surface area contributed by atoms with Crippen molar-refractivity contribution in [2.75, 3.05) is 26.3 Å². The summed E-state index contributed by atoms with van der Waals surface area (Å²) in [5.41, 5.74) is 0.446. The average Bonchev–Trinajstić information content (AvgIpc) is 2.03. The highest BCUT2D eigenvalue weighted by Crippen LogP contribution is 2.27. The van der Waals surface area contributed by atoms with E-state index >= 15 is 0 Å². The maximum Gasteiger partial charge on any atom is 0.0520 e. The van der Waals surface area contributed by atoms with Crippen LogP contribution in [-0.4, -0.2) is 26.3 Å². The van der Waals surface area contributed by atoms with Crippen LogP contribution in [0.25, 0.3) is 0 Å². The predicted molar refractivity (Wildman–Crippen MR) is 46.7 cm³/mol. The Bertz CT molecular complexity index is 108. The number of nitrogens with one attached hydrogen (secondary N) is 1. The van der Waals surface area contributed by atoms with E-state index in [1.54, 1.807) is 0 Å². The van der Waals surface area contributed by atoms with Gasteiger partial charge < -0.3 is 10.1 Å². The molecule has 1 N–H and O–H groups in total. The lowest BCUT2D eigenvalue weighted by molar-refractivity contribution is 0.0421. The van der Waals surface area contributed by atoms with Gasteiger partial charge in [0, 0.05) is 6.61 Å². The highest BCUT2D eigenvalue weighted by molar-refractivity contribution is 4.79. The summed E-state index contributed by atoms with van der Waals surface area (Å²) in [6, 6.07) is 0. The first-order valence-electron chi connectivity index (χ1n) is 4.55. The standard InChI is InChI=1S/C9H19NO/c1-3-11-8-9(2)4-6-10-7-5-9/h10H,3-8H2,1-2H3. The van der Waals surface area contributed by atoms with Crippen molar-refractivity contribution in [1.29, 1.82) is 0 Å². The van der Waals surface area contributed by atoms with Crippen molar-refractivity contribution in [1.82, 2.24) is 5.32 Å². The maximum atomic E-state index is 5.45. The molecule has 0 spiro atoms. The van der Waals surface area contributed by atoms with Gasteiger partial charge in [0.1, 0.15) is 0 Å². The molecule has 1 fully saturated rings. The molecule has 1 rings (SSSR count). The van der Waals surface area contributed by atoms with Gasteiger partial charge in [0.15, 0.2) is 0 Å². The van der Waals surface area contributed by atoms with Crippen LogP contribution >= 0.6 is 0 Å². The normalized spacial score (nSPS) is 23.5. The highest BCUT2D eigenvalue weighted by Gasteiger charge is 2.26. The topological polar surface area (TPSA) is 21.3 Å². The van der Waals surface area contributed by atoms with Crippen LogP contribution in [0.1, 0.15) is 26.7 Å². The summed E-state index contributed by atoms with van der Waals surface area (Å²) in [4.78, 5) is 0. The molecule has 11 heavy (non-hydrogen) atoms. The molecule has 0 unspecified atom stereocenters. The van der Waals surface area contributed by atoms with Crippen molar-refractivity contribution in [3.63, 3.8) is 0 Å². The summed E-state index contributed by atoms with van der Waals surface area (Å²) in [7, 11) is 0. The minimum absolute atomic E-state index is 0.446. The van der Waals surface area contributed by atoms with Gasteiger partial charge in [-0.2, -0.15) is 0 Å². The molecule has 1 saturated heterocycles. The first kappa shape index (κ1) is 9.01. The second kappa shape index (κ2) is 4.07. The third-order valence-corrected chi connectivity index (χ3v) is 2.47. The van der Waals surface area contributed by atoms with E-state index in [1.165, 1.54) is 12.8 Å². The second-order valence-corrected chi connectivity index (χ2v) is 3.70. The van der Waals surface area contributed by atoms with Crippen molar-refractivity contribution < 1.29 is 4.74 Å². The average molecular weight is 157 g/mol. The molecule has 66 valence electrons. The Kier molecular flexibility index (Phi) is 3.34. The van der Waals surface area contributed by atoms with Gasteiger partial charge in [-0.1, -0.05) is 6.92 Å². The van der Waals surface area contributed by atoms with Crippen LogP contribution in [0.2, 0.25) is 0 Å². The molecular formula is C9H19NO. The zero-order valence-electron chi connectivity index (χ0n) is 7.65. The van der Waals surface area contributed by atoms with E-state index in [0.717, 1.165) is 26.3 Å². The number of hydrogen-bond donors (Lipinski definition) is 1. The lowest BCUT2D eigenvalue weighted by atomic mass is 9.82. The fraction of sp³-hybridized carbons (Fsp3) is 1.00. The molecule has 0 aromatic carbocycles. The molecule has 0 aliphatic carbocycles. The minimum Gasteiger partial charge on any atom is -0.381 e. The van der Waals surface area contributed by atoms with Gasteiger partial charge in [-0.25, -0.2) is 0 Å². The zero-order valence-corrected chi connectivity index (χ0v) is 7.65. The van der Waals surface area contributed by atoms with Crippen LogP contribution in [0, 0.1) is 5.41 Å². The van der Waals surface area contributed by atoms with Crippen LogP contribution in [0.3, 0.4) is 0 Å². The van der Waals surface area contributed by atoms with Crippen LogP contribution in [0.4, 0.5) is 0 Å². The Hall–Kier alpha value is -0.0800. The molecule has 0 atom stereocenters. The Morgan fingerprint density at radius 2 is 2.00 bits per heavy atom. The Balaban J connectivity index is 2.25. The molecule has 1 aliphatic heterocycles. The first-order valence-corrected chi connectivity index (χ1v) is 4.55. The summed E-state index contributed by atoms with van der Waals surface area (Å²) in [6.07, 6.45) is 2.51. The Morgan fingerprint density at radius 3 is 2.55 bits per heavy atom. The molecule has 0 saturated carbocycles. The smallest absolute Gasteiger partial charge is 0.0520 e. The lowest BCUT2D eigenvalue weighted by Gasteiger charge is -2.33. The fourth-order valence-corrected chi connectivity index (χ4v) is 1.52. The van der Waals surface area contributed by atoms with Crippen molar-refractivity contribution in [2.24, 2.45) is 5.41 Å². The summed E-state index contributed by atoms with van der Waals surface area (Å²) in [6.45, 7) is 8.48. The van der Waals surface area contributed by atoms with Crippen LogP contribution < -0.4 is 5.32 Å². The molecular weight excluding hydrogens is 138 g/mol. The number of hydrogen-bond acceptors (Lipinski definition) is 2. The van der Waals surface area contributed by atoms with Gasteiger partial charge in [0.25, 0.3) is 0 Å². The van der Waals surface area contributed by atoms with Gasteiger partial charge in [-0.3, -0.25) is 0 Å². The summed E-state index contributed by atoms with van der Waals surface area (Å²) in [5, 5.41) is 3.36. The first-order chi connectivity index (χ1) is 5.27. The van der Waals surface area contributed by atoms with E-state index in [4.69, 9.17) is 4.74 Å². The third-order valence-electron chi connectivity index (χ3n) is 2.47. The molecule has 0 amide bonds. The zero-order chi connectivity index (χ0) is 8.16. The number of ether oxygens (including phenoxy) is 1. The van der Waals surface area contributed by atoms with E-state index < -0.39 is 0 Å². The molecule has 1 heterocycles. The molecule has 1 aliphatic rings. The van der Waals surface area contributed by atoms with Crippen molar-refractivity contribution in [3.8, 4) is 0 Å². The van der Waals surface area contributed by atoms with Crippen molar-refractivity contribution in [2.45, 2.75) is 26.7 Å². The summed E-state index contributed by atoms with van der Waals surface area (Å²) >= 11 is 0. The van der Waals surface area contributed by atoms with E-state index in [0.29, 0.717) is 5.41 Å². The van der Waals surface area contributed by atoms with Gasteiger partial charge in [-0.05, 0) is 38.3 Å². The highest BCUT2D eigenvalue weighted by atomic mass is 16.5. The maximum absolute atomic E-state index is 5.45. The molecule has 0 aromatic heterocycles. The number of piperidine rings is 1. The van der Waals surface area contributed by atoms with Crippen molar-refractivity contribution in [3.05, 3.63) is 0 Å². The molecule has 2 heteroatoms. The number of rotatable bonds is 3. The van der Waals surface area contributed by atoms with E-state index in [-0.39, 0.29) is 0 Å². The predicted octanol–water partition coefficient (Wildman–Crippen LogP) is 1.41. The van der Waals surface area contributed by atoms with Crippen LogP contribution in [0.5, 0.6) is 0 Å². The van der Waals surface area contributed by atoms with E-state index in [1.807, 2.05) is 0 Å². The summed E-state index contributed by atoms with van der Waals surface area (Å²) in [5.74, 6) is 0. The quantitative estimate of drug-likeness (QED) is 0.669. The minimum atomic E-state index is 0.446. The van der Waals surface area contributed by atoms with E-state index in [2.05, 4.69) is 19.2 Å². The van der Waals surface area contributed by atoms with Gasteiger partial charge in [0.05, 0.1) is 6.61 Å². The lowest BCUT2D eigenvalue weighted by Crippen LogP contribution is -2.37. The largest absolute Gasteiger partial charge is 0.381 e. The van der Waals surface area contributed by atoms with Crippen molar-refractivity contribution >= 4 is 0 Å². The van der Waals surface area contributed by atoms with E-state index in [9.17, 15) is 0 Å². The van der Waals surface area contributed by atoms with Crippen LogP contribution in [0.15, 0.2) is 0 Å². The Labute approximate surface area is 69.3 Å². The molecule has 0 aromatic rings. The Morgan fingerprint density at radius 1 is 1.36 bits per heavy atom. The van der Waals surface area contributed by atoms with Gasteiger partial charge in [-0.15, -0.1) is 0 Å². The molecule has 0 bridgehead atoms. The monoisotopic (exact) mass is 157 g/mol. The summed E-state index contributed by atoms with van der Waals surface area (Å²) < 4.78 is 5.45. The SMILES string of the molecule is CCOCC1(C)CCNCC1. The van der Waals surface area contributed by atoms with Gasteiger partial charge in [0.2, 0.25) is 0 Å². The van der Waals surface area contributed by atoms with Gasteiger partial charge >= 0.3 is 0 Å². The van der Waals surface area contributed by atoms with Crippen LogP contribution in [-0.2, 0) is 4.74 Å². The second-order valence-electron chi connectivity index (χ2n) is 3.70. The molecule has 0 radical (unpaired) electrons. The molecule has 2 nitrogen and oxygen atoms in total. The third kappa shape index (κ3) is 2.80. The fourth-order valence-electron chi connectivity index (χ4n) is 1.52.